The molecule has 2 heterocycles. The molecule has 1 amide bonds. The summed E-state index contributed by atoms with van der Waals surface area (Å²) in [7, 11) is 0. The maximum atomic E-state index is 12.6. The zero-order chi connectivity index (χ0) is 20.9. The van der Waals surface area contributed by atoms with Crippen LogP contribution >= 0.6 is 27.7 Å². The standard InChI is InChI=1S/C19H13BrF3N3O2S/c20-16-10-12(7-9-24-16)11-29-18-15(2-1-8-25-18)17(27)26-13-3-5-14(6-4-13)28-19(21,22)23/h1-10H,11H2,(H,26,27). The van der Waals surface area contributed by atoms with Crippen LogP contribution in [0.15, 0.2) is 70.6 Å². The first kappa shape index (κ1) is 21.1. The summed E-state index contributed by atoms with van der Waals surface area (Å²) in [6.45, 7) is 0. The Bertz CT molecular complexity index is 1000. The van der Waals surface area contributed by atoms with E-state index < -0.39 is 12.3 Å². The molecule has 3 rings (SSSR count). The highest BCUT2D eigenvalue weighted by Gasteiger charge is 2.31. The van der Waals surface area contributed by atoms with Gasteiger partial charge in [0, 0.05) is 23.8 Å². The number of amides is 1. The van der Waals surface area contributed by atoms with Crippen LogP contribution in [0.1, 0.15) is 15.9 Å². The molecule has 1 aromatic carbocycles. The minimum atomic E-state index is -4.77. The van der Waals surface area contributed by atoms with E-state index in [0.717, 1.165) is 17.7 Å². The summed E-state index contributed by atoms with van der Waals surface area (Å²) < 4.78 is 41.2. The van der Waals surface area contributed by atoms with E-state index in [0.29, 0.717) is 26.6 Å². The molecule has 0 spiro atoms. The number of hydrogen-bond acceptors (Lipinski definition) is 5. The molecule has 0 fully saturated rings. The summed E-state index contributed by atoms with van der Waals surface area (Å²) >= 11 is 4.70. The highest BCUT2D eigenvalue weighted by molar-refractivity contribution is 9.10. The van der Waals surface area contributed by atoms with Crippen LogP contribution in [-0.2, 0) is 5.75 Å². The second-order valence-corrected chi connectivity index (χ2v) is 7.43. The molecule has 5 nitrogen and oxygen atoms in total. The van der Waals surface area contributed by atoms with Crippen LogP contribution in [-0.4, -0.2) is 22.2 Å². The average molecular weight is 484 g/mol. The van der Waals surface area contributed by atoms with E-state index in [1.165, 1.54) is 23.9 Å². The van der Waals surface area contributed by atoms with E-state index >= 15 is 0 Å². The summed E-state index contributed by atoms with van der Waals surface area (Å²) in [5.74, 6) is -0.195. The quantitative estimate of drug-likeness (QED) is 0.360. The summed E-state index contributed by atoms with van der Waals surface area (Å²) in [5, 5.41) is 3.19. The minimum Gasteiger partial charge on any atom is -0.406 e. The highest BCUT2D eigenvalue weighted by atomic mass is 79.9. The number of aromatic nitrogens is 2. The first-order valence-corrected chi connectivity index (χ1v) is 9.93. The van der Waals surface area contributed by atoms with E-state index in [1.807, 2.05) is 12.1 Å². The van der Waals surface area contributed by atoms with Crippen LogP contribution in [0.4, 0.5) is 18.9 Å². The Balaban J connectivity index is 1.68. The van der Waals surface area contributed by atoms with E-state index in [-0.39, 0.29) is 5.75 Å². The molecule has 0 aliphatic carbocycles. The molecule has 2 aromatic heterocycles. The van der Waals surface area contributed by atoms with Gasteiger partial charge in [-0.15, -0.1) is 24.9 Å². The molecule has 0 bridgehead atoms. The van der Waals surface area contributed by atoms with Crippen molar-refractivity contribution in [2.24, 2.45) is 0 Å². The van der Waals surface area contributed by atoms with E-state index in [4.69, 9.17) is 0 Å². The van der Waals surface area contributed by atoms with Crippen LogP contribution in [0.5, 0.6) is 5.75 Å². The number of carbonyl (C=O) groups excluding carboxylic acids is 1. The molecular formula is C19H13BrF3N3O2S. The van der Waals surface area contributed by atoms with Crippen molar-refractivity contribution >= 4 is 39.3 Å². The van der Waals surface area contributed by atoms with Gasteiger partial charge in [-0.2, -0.15) is 0 Å². The summed E-state index contributed by atoms with van der Waals surface area (Å²) in [6.07, 6.45) is -1.50. The number of hydrogen-bond donors (Lipinski definition) is 1. The van der Waals surface area contributed by atoms with Gasteiger partial charge in [0.1, 0.15) is 15.4 Å². The molecule has 0 radical (unpaired) electrons. The van der Waals surface area contributed by atoms with Gasteiger partial charge in [-0.1, -0.05) is 0 Å². The van der Waals surface area contributed by atoms with Gasteiger partial charge in [0.05, 0.1) is 5.56 Å². The molecule has 1 N–H and O–H groups in total. The molecule has 0 atom stereocenters. The van der Waals surface area contributed by atoms with Gasteiger partial charge in [0.25, 0.3) is 5.91 Å². The number of rotatable bonds is 6. The maximum absolute atomic E-state index is 12.6. The number of nitrogens with zero attached hydrogens (tertiary/aromatic N) is 2. The third kappa shape index (κ3) is 6.47. The lowest BCUT2D eigenvalue weighted by Crippen LogP contribution is -2.17. The lowest BCUT2D eigenvalue weighted by Gasteiger charge is -2.11. The van der Waals surface area contributed by atoms with Crippen LogP contribution in [0.25, 0.3) is 0 Å². The predicted molar refractivity (Wildman–Crippen MR) is 107 cm³/mol. The number of ether oxygens (including phenoxy) is 1. The van der Waals surface area contributed by atoms with Gasteiger partial charge in [0.15, 0.2) is 0 Å². The summed E-state index contributed by atoms with van der Waals surface area (Å²) in [4.78, 5) is 21.0. The predicted octanol–water partition coefficient (Wildman–Crippen LogP) is 5.68. The van der Waals surface area contributed by atoms with E-state index in [1.54, 1.807) is 24.5 Å². The number of halogens is 4. The van der Waals surface area contributed by atoms with Gasteiger partial charge in [-0.25, -0.2) is 9.97 Å². The molecule has 0 unspecified atom stereocenters. The van der Waals surface area contributed by atoms with Crippen LogP contribution in [0, 0.1) is 0 Å². The second kappa shape index (κ2) is 9.27. The molecule has 3 aromatic rings. The number of thioether (sulfide) groups is 1. The minimum absolute atomic E-state index is 0.336. The summed E-state index contributed by atoms with van der Waals surface area (Å²) in [6, 6.07) is 11.9. The van der Waals surface area contributed by atoms with Crippen molar-refractivity contribution in [1.29, 1.82) is 0 Å². The number of pyridine rings is 2. The Morgan fingerprint density at radius 2 is 1.86 bits per heavy atom. The second-order valence-electron chi connectivity index (χ2n) is 5.66. The number of anilines is 1. The Hall–Kier alpha value is -2.59. The van der Waals surface area contributed by atoms with Crippen molar-refractivity contribution in [2.75, 3.05) is 5.32 Å². The molecule has 0 saturated carbocycles. The lowest BCUT2D eigenvalue weighted by molar-refractivity contribution is -0.274. The fourth-order valence-corrected chi connectivity index (χ4v) is 3.65. The maximum Gasteiger partial charge on any atom is 0.573 e. The first-order valence-electron chi connectivity index (χ1n) is 8.15. The van der Waals surface area contributed by atoms with Crippen LogP contribution in [0.3, 0.4) is 0 Å². The number of alkyl halides is 3. The fourth-order valence-electron chi connectivity index (χ4n) is 2.30. The smallest absolute Gasteiger partial charge is 0.406 e. The zero-order valence-corrected chi connectivity index (χ0v) is 17.0. The van der Waals surface area contributed by atoms with Crippen molar-refractivity contribution in [2.45, 2.75) is 17.1 Å². The molecule has 0 aliphatic heterocycles. The van der Waals surface area contributed by atoms with E-state index in [9.17, 15) is 18.0 Å². The third-order valence-corrected chi connectivity index (χ3v) is 5.04. The van der Waals surface area contributed by atoms with Gasteiger partial charge < -0.3 is 10.1 Å². The SMILES string of the molecule is O=C(Nc1ccc(OC(F)(F)F)cc1)c1cccnc1SCc1ccnc(Br)c1. The Morgan fingerprint density at radius 1 is 1.10 bits per heavy atom. The average Bonchev–Trinajstić information content (AvgIpc) is 2.67. The topological polar surface area (TPSA) is 64.1 Å². The molecular weight excluding hydrogens is 471 g/mol. The van der Waals surface area contributed by atoms with E-state index in [2.05, 4.69) is 36.0 Å². The van der Waals surface area contributed by atoms with Gasteiger partial charge in [-0.3, -0.25) is 4.79 Å². The van der Waals surface area contributed by atoms with Crippen LogP contribution < -0.4 is 10.1 Å². The Kier molecular flexibility index (Phi) is 6.75. The zero-order valence-electron chi connectivity index (χ0n) is 14.6. The molecule has 10 heteroatoms. The molecule has 29 heavy (non-hydrogen) atoms. The molecule has 150 valence electrons. The number of carbonyl (C=O) groups is 1. The monoisotopic (exact) mass is 483 g/mol. The van der Waals surface area contributed by atoms with Gasteiger partial charge in [0.2, 0.25) is 0 Å². The van der Waals surface area contributed by atoms with Gasteiger partial charge >= 0.3 is 6.36 Å². The third-order valence-electron chi connectivity index (χ3n) is 3.53. The Morgan fingerprint density at radius 3 is 2.55 bits per heavy atom. The number of benzene rings is 1. The van der Waals surface area contributed by atoms with Crippen LogP contribution in [0.2, 0.25) is 0 Å². The highest BCUT2D eigenvalue weighted by Crippen LogP contribution is 2.27. The number of nitrogens with one attached hydrogen (secondary N) is 1. The van der Waals surface area contributed by atoms with Crippen molar-refractivity contribution in [3.05, 3.63) is 76.7 Å². The fraction of sp³-hybridized carbons (Fsp3) is 0.105. The lowest BCUT2D eigenvalue weighted by atomic mass is 10.2. The van der Waals surface area contributed by atoms with Crippen molar-refractivity contribution in [3.8, 4) is 5.75 Å². The normalized spacial score (nSPS) is 11.2. The largest absolute Gasteiger partial charge is 0.573 e. The summed E-state index contributed by atoms with van der Waals surface area (Å²) in [5.41, 5.74) is 1.71. The molecule has 0 saturated heterocycles. The first-order chi connectivity index (χ1) is 13.8. The Labute approximate surface area is 176 Å². The van der Waals surface area contributed by atoms with Crippen molar-refractivity contribution < 1.29 is 22.7 Å². The van der Waals surface area contributed by atoms with Crippen molar-refractivity contribution in [1.82, 2.24) is 9.97 Å². The molecule has 0 aliphatic rings. The van der Waals surface area contributed by atoms with Gasteiger partial charge in [-0.05, 0) is 70.0 Å². The van der Waals surface area contributed by atoms with Crippen molar-refractivity contribution in [3.63, 3.8) is 0 Å².